The number of nitro benzene ring substituents is 1. The molecule has 12 heteroatoms. The highest BCUT2D eigenvalue weighted by molar-refractivity contribution is 7.90. The van der Waals surface area contributed by atoms with Gasteiger partial charge in [-0.2, -0.15) is 4.98 Å². The maximum Gasteiger partial charge on any atom is 0.271 e. The Balaban J connectivity index is 0.00000243. The molecule has 1 N–H and O–H groups in total. The van der Waals surface area contributed by atoms with E-state index in [0.29, 0.717) is 12.4 Å². The molecule has 2 heterocycles. The molecule has 0 bridgehead atoms. The van der Waals surface area contributed by atoms with Gasteiger partial charge in [0.25, 0.3) is 11.6 Å². The summed E-state index contributed by atoms with van der Waals surface area (Å²) in [7, 11) is -1.68. The minimum atomic E-state index is -3.62. The molecule has 0 saturated carbocycles. The van der Waals surface area contributed by atoms with Crippen molar-refractivity contribution in [2.24, 2.45) is 0 Å². The minimum Gasteiger partial charge on any atom is -0.334 e. The molecule has 1 atom stereocenters. The van der Waals surface area contributed by atoms with Crippen LogP contribution in [0.2, 0.25) is 0 Å². The van der Waals surface area contributed by atoms with Crippen molar-refractivity contribution in [3.8, 4) is 11.5 Å². The highest BCUT2D eigenvalue weighted by Gasteiger charge is 2.26. The number of aromatic nitrogens is 2. The quantitative estimate of drug-likeness (QED) is 0.587. The molecule has 1 aliphatic rings. The predicted octanol–water partition coefficient (Wildman–Crippen LogP) is 1.05. The van der Waals surface area contributed by atoms with Gasteiger partial charge in [0.1, 0.15) is 0 Å². The van der Waals surface area contributed by atoms with Crippen LogP contribution in [0.1, 0.15) is 11.9 Å². The van der Waals surface area contributed by atoms with E-state index in [2.05, 4.69) is 20.4 Å². The van der Waals surface area contributed by atoms with E-state index in [1.807, 2.05) is 7.05 Å². The lowest BCUT2D eigenvalue weighted by Gasteiger charge is -2.30. The molecular weight excluding hydrogens is 386 g/mol. The topological polar surface area (TPSA) is 131 Å². The molecule has 1 aliphatic heterocycles. The molecule has 0 amide bonds. The van der Waals surface area contributed by atoms with Crippen LogP contribution in [0.5, 0.6) is 0 Å². The van der Waals surface area contributed by atoms with Gasteiger partial charge in [-0.25, -0.2) is 8.42 Å². The number of benzene rings is 1. The number of nitrogens with zero attached hydrogens (tertiary/aromatic N) is 4. The third-order valence-corrected chi connectivity index (χ3v) is 5.12. The Hall–Kier alpha value is -2.08. The maximum absolute atomic E-state index is 11.8. The first kappa shape index (κ1) is 20.2. The smallest absolute Gasteiger partial charge is 0.271 e. The fourth-order valence-corrected chi connectivity index (χ4v) is 3.28. The maximum atomic E-state index is 11.8. The summed E-state index contributed by atoms with van der Waals surface area (Å²) in [5.74, 6) is 0.486. The lowest BCUT2D eigenvalue weighted by Crippen LogP contribution is -2.44. The summed E-state index contributed by atoms with van der Waals surface area (Å²) in [5.41, 5.74) is -0.158. The number of hydrogen-bond donors (Lipinski definition) is 1. The lowest BCUT2D eigenvalue weighted by atomic mass is 10.2. The van der Waals surface area contributed by atoms with Crippen molar-refractivity contribution in [1.82, 2.24) is 20.4 Å². The van der Waals surface area contributed by atoms with Crippen LogP contribution in [0.15, 0.2) is 27.6 Å². The van der Waals surface area contributed by atoms with Crippen molar-refractivity contribution in [3.05, 3.63) is 34.1 Å². The van der Waals surface area contributed by atoms with Gasteiger partial charge in [-0.1, -0.05) is 5.16 Å². The van der Waals surface area contributed by atoms with Gasteiger partial charge in [-0.05, 0) is 13.1 Å². The van der Waals surface area contributed by atoms with Crippen LogP contribution in [0, 0.1) is 10.1 Å². The number of halogens is 1. The predicted molar refractivity (Wildman–Crippen MR) is 95.0 cm³/mol. The first-order valence-corrected chi connectivity index (χ1v) is 9.39. The SMILES string of the molecule is CN1CCNCC1c1noc(-c2cc([N+](=O)[O-])cc(S(C)(=O)=O)c2)n1.Cl. The van der Waals surface area contributed by atoms with Crippen LogP contribution in [-0.4, -0.2) is 61.3 Å². The van der Waals surface area contributed by atoms with E-state index in [1.54, 1.807) is 0 Å². The monoisotopic (exact) mass is 403 g/mol. The lowest BCUT2D eigenvalue weighted by molar-refractivity contribution is -0.385. The summed E-state index contributed by atoms with van der Waals surface area (Å²) in [6.07, 6.45) is 0.984. The standard InChI is InChI=1S/C14H17N5O5S.ClH/c1-18-4-3-15-8-12(18)13-16-14(24-17-13)9-5-10(19(20)21)7-11(6-9)25(2,22)23;/h5-7,12,15H,3-4,8H2,1-2H3;1H. The number of non-ortho nitro benzene ring substituents is 1. The number of likely N-dealkylation sites (N-methyl/N-ethyl adjacent to an activating group) is 1. The van der Waals surface area contributed by atoms with Crippen molar-refractivity contribution in [2.75, 3.05) is 32.9 Å². The normalized spacial score (nSPS) is 18.3. The molecule has 1 aromatic carbocycles. The Labute approximate surface area is 156 Å². The molecule has 0 spiro atoms. The number of sulfone groups is 1. The van der Waals surface area contributed by atoms with Crippen molar-refractivity contribution in [1.29, 1.82) is 0 Å². The zero-order chi connectivity index (χ0) is 18.2. The van der Waals surface area contributed by atoms with Crippen molar-refractivity contribution in [2.45, 2.75) is 10.9 Å². The average Bonchev–Trinajstić information content (AvgIpc) is 3.04. The fraction of sp³-hybridized carbons (Fsp3) is 0.429. The van der Waals surface area contributed by atoms with E-state index in [9.17, 15) is 18.5 Å². The fourth-order valence-electron chi connectivity index (χ4n) is 2.61. The van der Waals surface area contributed by atoms with Crippen molar-refractivity contribution >= 4 is 27.9 Å². The van der Waals surface area contributed by atoms with Crippen molar-refractivity contribution < 1.29 is 17.9 Å². The van der Waals surface area contributed by atoms with Gasteiger partial charge in [0.15, 0.2) is 15.7 Å². The van der Waals surface area contributed by atoms with Crippen LogP contribution in [-0.2, 0) is 9.84 Å². The summed E-state index contributed by atoms with van der Waals surface area (Å²) >= 11 is 0. The highest BCUT2D eigenvalue weighted by Crippen LogP contribution is 2.28. The summed E-state index contributed by atoms with van der Waals surface area (Å²) in [5, 5.41) is 18.3. The van der Waals surface area contributed by atoms with Crippen LogP contribution in [0.25, 0.3) is 11.5 Å². The number of nitro groups is 1. The third-order valence-electron chi connectivity index (χ3n) is 4.03. The Morgan fingerprint density at radius 3 is 2.73 bits per heavy atom. The van der Waals surface area contributed by atoms with Crippen molar-refractivity contribution in [3.63, 3.8) is 0 Å². The first-order chi connectivity index (χ1) is 11.8. The summed E-state index contributed by atoms with van der Waals surface area (Å²) in [4.78, 5) is 16.6. The zero-order valence-corrected chi connectivity index (χ0v) is 15.7. The Morgan fingerprint density at radius 2 is 2.12 bits per heavy atom. The van der Waals surface area contributed by atoms with Gasteiger partial charge < -0.3 is 9.84 Å². The zero-order valence-electron chi connectivity index (χ0n) is 14.1. The van der Waals surface area contributed by atoms with Crippen LogP contribution < -0.4 is 5.32 Å². The van der Waals surface area contributed by atoms with Gasteiger partial charge in [-0.15, -0.1) is 12.4 Å². The third kappa shape index (κ3) is 4.18. The number of hydrogen-bond acceptors (Lipinski definition) is 9. The Kier molecular flexibility index (Phi) is 5.96. The van der Waals surface area contributed by atoms with Gasteiger partial charge in [0.2, 0.25) is 0 Å². The van der Waals surface area contributed by atoms with E-state index >= 15 is 0 Å². The second-order valence-corrected chi connectivity index (χ2v) is 7.92. The van der Waals surface area contributed by atoms with Gasteiger partial charge in [0.05, 0.1) is 15.9 Å². The van der Waals surface area contributed by atoms with Gasteiger partial charge in [0, 0.05) is 43.6 Å². The van der Waals surface area contributed by atoms with E-state index in [4.69, 9.17) is 4.52 Å². The van der Waals surface area contributed by atoms with Gasteiger partial charge >= 0.3 is 0 Å². The van der Waals surface area contributed by atoms with E-state index in [-0.39, 0.29) is 40.5 Å². The molecule has 1 aromatic heterocycles. The molecule has 1 fully saturated rings. The minimum absolute atomic E-state index is 0. The van der Waals surface area contributed by atoms with Crippen LogP contribution >= 0.6 is 12.4 Å². The number of nitrogens with one attached hydrogen (secondary N) is 1. The summed E-state index contributed by atoms with van der Waals surface area (Å²) in [6.45, 7) is 2.34. The summed E-state index contributed by atoms with van der Waals surface area (Å²) in [6, 6.07) is 3.44. The molecule has 142 valence electrons. The van der Waals surface area contributed by atoms with Crippen LogP contribution in [0.3, 0.4) is 0 Å². The number of rotatable bonds is 4. The molecule has 10 nitrogen and oxygen atoms in total. The molecule has 1 saturated heterocycles. The van der Waals surface area contributed by atoms with E-state index in [1.165, 1.54) is 12.1 Å². The van der Waals surface area contributed by atoms with Crippen LogP contribution in [0.4, 0.5) is 5.69 Å². The van der Waals surface area contributed by atoms with E-state index < -0.39 is 14.8 Å². The highest BCUT2D eigenvalue weighted by atomic mass is 35.5. The molecule has 0 radical (unpaired) electrons. The molecule has 26 heavy (non-hydrogen) atoms. The largest absolute Gasteiger partial charge is 0.334 e. The summed E-state index contributed by atoms with van der Waals surface area (Å²) < 4.78 is 28.8. The number of piperazine rings is 1. The Morgan fingerprint density at radius 1 is 1.38 bits per heavy atom. The second-order valence-electron chi connectivity index (χ2n) is 5.90. The molecule has 2 aromatic rings. The second kappa shape index (κ2) is 7.66. The first-order valence-electron chi connectivity index (χ1n) is 7.50. The molecule has 1 unspecified atom stereocenters. The average molecular weight is 404 g/mol. The Bertz CT molecular complexity index is 916. The van der Waals surface area contributed by atoms with Gasteiger partial charge in [-0.3, -0.25) is 15.0 Å². The van der Waals surface area contributed by atoms with E-state index in [0.717, 1.165) is 25.4 Å². The molecular formula is C14H18ClN5O5S. The molecule has 3 rings (SSSR count). The molecule has 0 aliphatic carbocycles.